The Morgan fingerprint density at radius 3 is 2.35 bits per heavy atom. The van der Waals surface area contributed by atoms with Gasteiger partial charge in [-0.15, -0.1) is 0 Å². The van der Waals surface area contributed by atoms with Crippen LogP contribution in [0.1, 0.15) is 65.7 Å². The van der Waals surface area contributed by atoms with E-state index in [9.17, 15) is 4.79 Å². The van der Waals surface area contributed by atoms with Crippen LogP contribution in [0.25, 0.3) is 0 Å². The average molecular weight is 287 g/mol. The maximum atomic E-state index is 11.7. The third kappa shape index (κ3) is 11.2. The summed E-state index contributed by atoms with van der Waals surface area (Å²) >= 11 is 0. The van der Waals surface area contributed by atoms with E-state index in [1.807, 2.05) is 6.92 Å². The molecular weight excluding hydrogens is 254 g/mol. The predicted molar refractivity (Wildman–Crippen MR) is 82.9 cm³/mol. The van der Waals surface area contributed by atoms with E-state index in [2.05, 4.69) is 19.2 Å². The fourth-order valence-electron chi connectivity index (χ4n) is 1.96. The van der Waals surface area contributed by atoms with Crippen LogP contribution in [-0.4, -0.2) is 38.4 Å². The van der Waals surface area contributed by atoms with Gasteiger partial charge in [0.05, 0.1) is 13.2 Å². The smallest absolute Gasteiger partial charge is 0.325 e. The molecule has 0 saturated heterocycles. The molecule has 0 radical (unpaired) electrons. The molecule has 0 aliphatic carbocycles. The van der Waals surface area contributed by atoms with Crippen LogP contribution in [0, 0.1) is 0 Å². The lowest BCUT2D eigenvalue weighted by molar-refractivity contribution is -0.147. The summed E-state index contributed by atoms with van der Waals surface area (Å²) in [6.07, 6.45) is 8.49. The number of nitrogens with one attached hydrogen (secondary N) is 1. The van der Waals surface area contributed by atoms with E-state index < -0.39 is 0 Å². The molecule has 0 bridgehead atoms. The Bertz CT molecular complexity index is 222. The van der Waals surface area contributed by atoms with Crippen molar-refractivity contribution < 1.29 is 14.3 Å². The van der Waals surface area contributed by atoms with Gasteiger partial charge in [-0.25, -0.2) is 0 Å². The molecule has 120 valence electrons. The maximum Gasteiger partial charge on any atom is 0.325 e. The summed E-state index contributed by atoms with van der Waals surface area (Å²) in [6, 6.07) is -0.324. The van der Waals surface area contributed by atoms with Crippen molar-refractivity contribution >= 4 is 5.97 Å². The molecule has 0 heterocycles. The van der Waals surface area contributed by atoms with Crippen LogP contribution in [0.5, 0.6) is 0 Å². The second-order valence-electron chi connectivity index (χ2n) is 5.10. The number of hydrogen-bond donors (Lipinski definition) is 1. The van der Waals surface area contributed by atoms with E-state index >= 15 is 0 Å². The van der Waals surface area contributed by atoms with Crippen LogP contribution in [0.15, 0.2) is 0 Å². The molecule has 0 aromatic carbocycles. The molecule has 0 saturated carbocycles. The second kappa shape index (κ2) is 14.8. The minimum atomic E-state index is -0.324. The third-order valence-corrected chi connectivity index (χ3v) is 3.14. The summed E-state index contributed by atoms with van der Waals surface area (Å²) in [5, 5.41) is 3.17. The number of unbranched alkanes of at least 4 members (excludes halogenated alkanes) is 5. The zero-order valence-electron chi connectivity index (χ0n) is 13.6. The topological polar surface area (TPSA) is 47.6 Å². The minimum absolute atomic E-state index is 0.205. The first-order valence-corrected chi connectivity index (χ1v) is 8.23. The predicted octanol–water partition coefficient (Wildman–Crippen LogP) is 3.29. The molecule has 20 heavy (non-hydrogen) atoms. The van der Waals surface area contributed by atoms with Crippen molar-refractivity contribution in [2.75, 3.05) is 26.4 Å². The lowest BCUT2D eigenvalue weighted by Gasteiger charge is -2.17. The van der Waals surface area contributed by atoms with Crippen LogP contribution in [0.2, 0.25) is 0 Å². The van der Waals surface area contributed by atoms with Crippen molar-refractivity contribution in [3.8, 4) is 0 Å². The normalized spacial score (nSPS) is 12.3. The summed E-state index contributed by atoms with van der Waals surface area (Å²) < 4.78 is 10.6. The molecule has 0 spiro atoms. The lowest BCUT2D eigenvalue weighted by atomic mass is 10.1. The van der Waals surface area contributed by atoms with Crippen LogP contribution in [-0.2, 0) is 14.3 Å². The zero-order valence-corrected chi connectivity index (χ0v) is 13.6. The molecule has 1 atom stereocenters. The maximum absolute atomic E-state index is 11.7. The number of rotatable bonds is 14. The molecule has 0 aromatic heterocycles. The summed E-state index contributed by atoms with van der Waals surface area (Å²) in [5.74, 6) is -0.205. The molecule has 4 nitrogen and oxygen atoms in total. The number of ether oxygens (including phenoxy) is 2. The Morgan fingerprint density at radius 2 is 1.70 bits per heavy atom. The van der Waals surface area contributed by atoms with Gasteiger partial charge in [0.15, 0.2) is 0 Å². The zero-order chi connectivity index (χ0) is 15.1. The van der Waals surface area contributed by atoms with Crippen molar-refractivity contribution in [2.24, 2.45) is 0 Å². The van der Waals surface area contributed by atoms with E-state index in [1.165, 1.54) is 32.1 Å². The number of carbonyl (C=O) groups is 1. The monoisotopic (exact) mass is 287 g/mol. The summed E-state index contributed by atoms with van der Waals surface area (Å²) in [5.41, 5.74) is 0. The highest BCUT2D eigenvalue weighted by molar-refractivity contribution is 5.75. The Labute approximate surface area is 124 Å². The van der Waals surface area contributed by atoms with Gasteiger partial charge in [-0.1, -0.05) is 46.0 Å². The fourth-order valence-corrected chi connectivity index (χ4v) is 1.96. The fraction of sp³-hybridized carbons (Fsp3) is 0.938. The van der Waals surface area contributed by atoms with Crippen molar-refractivity contribution in [3.05, 3.63) is 0 Å². The highest BCUT2D eigenvalue weighted by atomic mass is 16.5. The van der Waals surface area contributed by atoms with E-state index in [0.717, 1.165) is 26.0 Å². The Kier molecular flexibility index (Phi) is 14.3. The molecule has 1 unspecified atom stereocenters. The van der Waals surface area contributed by atoms with Gasteiger partial charge in [-0.2, -0.15) is 0 Å². The van der Waals surface area contributed by atoms with Crippen molar-refractivity contribution in [1.82, 2.24) is 5.32 Å². The molecule has 0 fully saturated rings. The van der Waals surface area contributed by atoms with Crippen LogP contribution >= 0.6 is 0 Å². The summed E-state index contributed by atoms with van der Waals surface area (Å²) in [6.45, 7) is 8.49. The van der Waals surface area contributed by atoms with Gasteiger partial charge < -0.3 is 14.8 Å². The molecule has 0 rings (SSSR count). The molecule has 1 N–H and O–H groups in total. The first kappa shape index (κ1) is 19.4. The lowest BCUT2D eigenvalue weighted by Crippen LogP contribution is -2.42. The van der Waals surface area contributed by atoms with Crippen molar-refractivity contribution in [3.63, 3.8) is 0 Å². The quantitative estimate of drug-likeness (QED) is 0.393. The minimum Gasteiger partial charge on any atom is -0.465 e. The first-order valence-electron chi connectivity index (χ1n) is 8.23. The highest BCUT2D eigenvalue weighted by Crippen LogP contribution is 2.05. The average Bonchev–Trinajstić information content (AvgIpc) is 2.45. The third-order valence-electron chi connectivity index (χ3n) is 3.14. The number of esters is 1. The molecule has 0 aromatic rings. The second-order valence-corrected chi connectivity index (χ2v) is 5.10. The largest absolute Gasteiger partial charge is 0.465 e. The first-order chi connectivity index (χ1) is 9.76. The van der Waals surface area contributed by atoms with E-state index in [1.54, 1.807) is 0 Å². The van der Waals surface area contributed by atoms with Crippen LogP contribution < -0.4 is 5.32 Å². The van der Waals surface area contributed by atoms with Crippen LogP contribution in [0.4, 0.5) is 0 Å². The molecule has 0 amide bonds. The molecule has 0 aliphatic heterocycles. The van der Waals surface area contributed by atoms with Gasteiger partial charge in [-0.05, 0) is 26.3 Å². The van der Waals surface area contributed by atoms with E-state index in [0.29, 0.717) is 13.2 Å². The van der Waals surface area contributed by atoms with E-state index in [4.69, 9.17) is 9.47 Å². The standard InChI is InChI=1S/C16H33NO3/c1-4-7-8-9-10-11-13-19-14-15(17-12-5-2)16(18)20-6-3/h15,17H,4-14H2,1-3H3. The van der Waals surface area contributed by atoms with Gasteiger partial charge in [0, 0.05) is 6.61 Å². The van der Waals surface area contributed by atoms with Crippen LogP contribution in [0.3, 0.4) is 0 Å². The van der Waals surface area contributed by atoms with Gasteiger partial charge in [0.25, 0.3) is 0 Å². The molecule has 4 heteroatoms. The van der Waals surface area contributed by atoms with Crippen molar-refractivity contribution in [2.45, 2.75) is 71.8 Å². The molecule has 0 aliphatic rings. The Hall–Kier alpha value is -0.610. The van der Waals surface area contributed by atoms with Crippen molar-refractivity contribution in [1.29, 1.82) is 0 Å². The van der Waals surface area contributed by atoms with Gasteiger partial charge >= 0.3 is 5.97 Å². The number of carbonyl (C=O) groups excluding carboxylic acids is 1. The van der Waals surface area contributed by atoms with Gasteiger partial charge in [0.1, 0.15) is 6.04 Å². The van der Waals surface area contributed by atoms with Gasteiger partial charge in [0.2, 0.25) is 0 Å². The summed E-state index contributed by atoms with van der Waals surface area (Å²) in [4.78, 5) is 11.7. The summed E-state index contributed by atoms with van der Waals surface area (Å²) in [7, 11) is 0. The number of hydrogen-bond acceptors (Lipinski definition) is 4. The Morgan fingerprint density at radius 1 is 1.00 bits per heavy atom. The Balaban J connectivity index is 3.65. The molecular formula is C16H33NO3. The SMILES string of the molecule is CCCCCCCCOCC(NCCC)C(=O)OCC. The highest BCUT2D eigenvalue weighted by Gasteiger charge is 2.18. The van der Waals surface area contributed by atoms with Gasteiger partial charge in [-0.3, -0.25) is 4.79 Å². The van der Waals surface area contributed by atoms with E-state index in [-0.39, 0.29) is 12.0 Å².